The summed E-state index contributed by atoms with van der Waals surface area (Å²) in [5.41, 5.74) is 3.36. The molecule has 5 N–H and O–H groups in total. The van der Waals surface area contributed by atoms with Gasteiger partial charge < -0.3 is 20.3 Å². The highest BCUT2D eigenvalue weighted by Crippen LogP contribution is 2.36. The number of benzene rings is 1. The molecule has 13 heteroatoms. The van der Waals surface area contributed by atoms with Crippen LogP contribution in [0.5, 0.6) is 0 Å². The minimum absolute atomic E-state index is 0.0838. The zero-order valence-corrected chi connectivity index (χ0v) is 17.6. The number of fused-ring (bicyclic) bond motifs is 2. The summed E-state index contributed by atoms with van der Waals surface area (Å²) in [7, 11) is -4.47. The van der Waals surface area contributed by atoms with Gasteiger partial charge in [-0.05, 0) is 24.0 Å². The molecule has 0 spiro atoms. The molecule has 1 fully saturated rings. The Morgan fingerprint density at radius 1 is 1.16 bits per heavy atom. The molecule has 1 aliphatic heterocycles. The second-order valence-corrected chi connectivity index (χ2v) is 9.09. The van der Waals surface area contributed by atoms with Crippen molar-refractivity contribution in [2.45, 2.75) is 43.4 Å². The number of hydrogen-bond donors (Lipinski definition) is 5. The molecule has 3 aromatic rings. The van der Waals surface area contributed by atoms with Gasteiger partial charge in [-0.3, -0.25) is 9.12 Å². The van der Waals surface area contributed by atoms with Gasteiger partial charge in [0.2, 0.25) is 0 Å². The van der Waals surface area contributed by atoms with E-state index in [9.17, 15) is 18.6 Å². The van der Waals surface area contributed by atoms with Crippen LogP contribution in [-0.4, -0.2) is 67.6 Å². The first kappa shape index (κ1) is 21.2. The third-order valence-corrected chi connectivity index (χ3v) is 6.41. The molecule has 170 valence electrons. The van der Waals surface area contributed by atoms with Gasteiger partial charge in [0, 0.05) is 6.54 Å². The van der Waals surface area contributed by atoms with Crippen molar-refractivity contribution >= 4 is 27.3 Å². The van der Waals surface area contributed by atoms with E-state index in [-0.39, 0.29) is 6.04 Å². The van der Waals surface area contributed by atoms with Crippen LogP contribution in [-0.2, 0) is 21.5 Å². The maximum atomic E-state index is 10.9. The van der Waals surface area contributed by atoms with Gasteiger partial charge in [-0.2, -0.15) is 13.1 Å². The summed E-state index contributed by atoms with van der Waals surface area (Å²) in [5, 5.41) is 24.2. The molecule has 5 atom stereocenters. The second-order valence-electron chi connectivity index (χ2n) is 7.85. The number of nitrogens with zero attached hydrogens (tertiary/aromatic N) is 4. The zero-order chi connectivity index (χ0) is 22.5. The van der Waals surface area contributed by atoms with Gasteiger partial charge in [0.15, 0.2) is 23.2 Å². The van der Waals surface area contributed by atoms with E-state index in [1.165, 1.54) is 28.3 Å². The Hall–Kier alpha value is -2.68. The molecule has 1 aliphatic carbocycles. The smallest absolute Gasteiger partial charge is 0.333 e. The Labute approximate surface area is 183 Å². The number of aliphatic hydroxyl groups is 2. The van der Waals surface area contributed by atoms with Gasteiger partial charge in [-0.25, -0.2) is 15.0 Å². The van der Waals surface area contributed by atoms with E-state index in [2.05, 4.69) is 32.4 Å². The lowest BCUT2D eigenvalue weighted by Gasteiger charge is -2.17. The highest BCUT2D eigenvalue weighted by Gasteiger charge is 2.44. The Morgan fingerprint density at radius 2 is 1.97 bits per heavy atom. The summed E-state index contributed by atoms with van der Waals surface area (Å²) in [6.07, 6.45) is -0.206. The minimum Gasteiger partial charge on any atom is -0.387 e. The molecule has 0 radical (unpaired) electrons. The number of aryl methyl sites for hydroxylation is 1. The molecule has 2 aromatic heterocycles. The molecule has 3 heterocycles. The summed E-state index contributed by atoms with van der Waals surface area (Å²) < 4.78 is 39.7. The average Bonchev–Trinajstić information content (AvgIpc) is 3.44. The van der Waals surface area contributed by atoms with Crippen LogP contribution in [0.25, 0.3) is 11.2 Å². The highest BCUT2D eigenvalue weighted by molar-refractivity contribution is 7.83. The van der Waals surface area contributed by atoms with Gasteiger partial charge in [-0.15, -0.1) is 0 Å². The van der Waals surface area contributed by atoms with Crippen molar-refractivity contribution < 1.29 is 27.9 Å². The minimum atomic E-state index is -4.47. The summed E-state index contributed by atoms with van der Waals surface area (Å²) in [4.78, 5) is 13.0. The van der Waals surface area contributed by atoms with E-state index in [1.54, 1.807) is 0 Å². The summed E-state index contributed by atoms with van der Waals surface area (Å²) >= 11 is 0. The van der Waals surface area contributed by atoms with Crippen LogP contribution in [0.4, 0.5) is 5.82 Å². The molecule has 2 aliphatic rings. The first-order valence-electron chi connectivity index (χ1n) is 10.1. The standard InChI is InChI=1S/C19H22N6O6S/c26-15-13(7-23-32(28,29)30)31-19(16(15)27)25-9-22-14-17(20-8-21-18(14)25)24-12-6-5-10-3-1-2-4-11(10)12/h1-4,8-9,12-13,15-16,19,23,26-27H,5-7H2,(H,20,21,24)(H,28,29,30)/t12-,13-,15-,16-,19-/m1/s1. The number of aliphatic hydroxyl groups excluding tert-OH is 2. The fourth-order valence-electron chi connectivity index (χ4n) is 4.33. The van der Waals surface area contributed by atoms with Gasteiger partial charge in [0.1, 0.15) is 24.6 Å². The van der Waals surface area contributed by atoms with Crippen LogP contribution in [0.2, 0.25) is 0 Å². The van der Waals surface area contributed by atoms with Crippen LogP contribution in [0.15, 0.2) is 36.9 Å². The molecule has 5 rings (SSSR count). The predicted molar refractivity (Wildman–Crippen MR) is 112 cm³/mol. The Bertz CT molecular complexity index is 1250. The molecule has 12 nitrogen and oxygen atoms in total. The van der Waals surface area contributed by atoms with Gasteiger partial charge >= 0.3 is 10.3 Å². The van der Waals surface area contributed by atoms with Gasteiger partial charge in [0.25, 0.3) is 0 Å². The normalized spacial score (nSPS) is 27.7. The fraction of sp³-hybridized carbons (Fsp3) is 0.421. The molecular formula is C19H22N6O6S. The molecule has 0 amide bonds. The van der Waals surface area contributed by atoms with E-state index >= 15 is 0 Å². The van der Waals surface area contributed by atoms with Gasteiger partial charge in [0.05, 0.1) is 12.4 Å². The summed E-state index contributed by atoms with van der Waals surface area (Å²) in [6.45, 7) is -0.414. The fourth-order valence-corrected chi connectivity index (χ4v) is 4.71. The molecule has 1 saturated heterocycles. The molecule has 1 aromatic carbocycles. The van der Waals surface area contributed by atoms with Crippen LogP contribution >= 0.6 is 0 Å². The van der Waals surface area contributed by atoms with Crippen molar-refractivity contribution in [1.82, 2.24) is 24.2 Å². The van der Waals surface area contributed by atoms with Crippen LogP contribution < -0.4 is 10.0 Å². The maximum Gasteiger partial charge on any atom is 0.333 e. The highest BCUT2D eigenvalue weighted by atomic mass is 32.2. The first-order valence-corrected chi connectivity index (χ1v) is 11.5. The van der Waals surface area contributed by atoms with E-state index in [0.717, 1.165) is 12.8 Å². The van der Waals surface area contributed by atoms with Gasteiger partial charge in [-0.1, -0.05) is 24.3 Å². The molecular weight excluding hydrogens is 440 g/mol. The zero-order valence-electron chi connectivity index (χ0n) is 16.7. The lowest BCUT2D eigenvalue weighted by atomic mass is 10.1. The lowest BCUT2D eigenvalue weighted by Crippen LogP contribution is -2.39. The van der Waals surface area contributed by atoms with Crippen LogP contribution in [0.1, 0.15) is 29.8 Å². The van der Waals surface area contributed by atoms with Crippen molar-refractivity contribution in [1.29, 1.82) is 0 Å². The molecule has 0 saturated carbocycles. The molecule has 32 heavy (non-hydrogen) atoms. The van der Waals surface area contributed by atoms with Crippen molar-refractivity contribution in [3.8, 4) is 0 Å². The number of aromatic nitrogens is 4. The predicted octanol–water partition coefficient (Wildman–Crippen LogP) is -0.0627. The topological polar surface area (TPSA) is 172 Å². The first-order chi connectivity index (χ1) is 15.3. The van der Waals surface area contributed by atoms with Crippen molar-refractivity contribution in [3.63, 3.8) is 0 Å². The van der Waals surface area contributed by atoms with Crippen LogP contribution in [0.3, 0.4) is 0 Å². The Kier molecular flexibility index (Phi) is 5.31. The Morgan fingerprint density at radius 3 is 2.78 bits per heavy atom. The number of anilines is 1. The van der Waals surface area contributed by atoms with Crippen molar-refractivity contribution in [2.75, 3.05) is 11.9 Å². The molecule has 0 unspecified atom stereocenters. The average molecular weight is 462 g/mol. The monoisotopic (exact) mass is 462 g/mol. The Balaban J connectivity index is 1.40. The third-order valence-electron chi connectivity index (χ3n) is 5.88. The van der Waals surface area contributed by atoms with E-state index in [1.807, 2.05) is 16.9 Å². The second kappa shape index (κ2) is 8.03. The number of hydrogen-bond acceptors (Lipinski definition) is 9. The summed E-state index contributed by atoms with van der Waals surface area (Å²) in [5.74, 6) is 0.535. The van der Waals surface area contributed by atoms with Crippen molar-refractivity contribution in [2.24, 2.45) is 0 Å². The van der Waals surface area contributed by atoms with E-state index in [4.69, 9.17) is 9.29 Å². The van der Waals surface area contributed by atoms with Crippen LogP contribution in [0, 0.1) is 0 Å². The number of rotatable bonds is 6. The summed E-state index contributed by atoms with van der Waals surface area (Å²) in [6, 6.07) is 8.30. The SMILES string of the molecule is O=S(=O)(O)NC[C@H]1O[C@@H](n2cnc3c(N[C@@H]4CCc5ccccc54)ncnc32)[C@H](O)[C@@H]1O. The quantitative estimate of drug-likeness (QED) is 0.312. The van der Waals surface area contributed by atoms with Crippen molar-refractivity contribution in [3.05, 3.63) is 48.0 Å². The van der Waals surface area contributed by atoms with E-state index in [0.29, 0.717) is 17.0 Å². The van der Waals surface area contributed by atoms with E-state index < -0.39 is 41.4 Å². The number of nitrogens with one attached hydrogen (secondary N) is 2. The largest absolute Gasteiger partial charge is 0.387 e. The lowest BCUT2D eigenvalue weighted by molar-refractivity contribution is -0.0331. The number of ether oxygens (including phenoxy) is 1. The molecule has 0 bridgehead atoms. The maximum absolute atomic E-state index is 10.9. The third kappa shape index (κ3) is 3.83. The number of imidazole rings is 1.